The van der Waals surface area contributed by atoms with E-state index >= 15 is 0 Å². The van der Waals surface area contributed by atoms with E-state index in [0.29, 0.717) is 16.1 Å². The molecule has 0 saturated heterocycles. The molecule has 0 spiro atoms. The fourth-order valence-corrected chi connectivity index (χ4v) is 3.78. The van der Waals surface area contributed by atoms with Crippen LogP contribution in [-0.4, -0.2) is 23.3 Å². The molecule has 11 heteroatoms. The molecule has 2 aromatic carbocycles. The van der Waals surface area contributed by atoms with Crippen molar-refractivity contribution in [2.24, 2.45) is 0 Å². The van der Waals surface area contributed by atoms with Gasteiger partial charge in [-0.05, 0) is 23.8 Å². The van der Waals surface area contributed by atoms with Gasteiger partial charge in [0, 0.05) is 11.1 Å². The van der Waals surface area contributed by atoms with Crippen molar-refractivity contribution in [2.45, 2.75) is 11.1 Å². The summed E-state index contributed by atoms with van der Waals surface area (Å²) >= 11 is 0. The van der Waals surface area contributed by atoms with E-state index in [1.54, 1.807) is 18.2 Å². The minimum atomic E-state index is -4.80. The minimum absolute atomic E-state index is 0.108. The molecule has 30 heavy (non-hydrogen) atoms. The highest BCUT2D eigenvalue weighted by molar-refractivity contribution is 7.92. The summed E-state index contributed by atoms with van der Waals surface area (Å²) in [6, 6.07) is 13.4. The average molecular weight is 434 g/mol. The minimum Gasteiger partial charge on any atom is -0.444 e. The smallest absolute Gasteiger partial charge is 0.435 e. The summed E-state index contributed by atoms with van der Waals surface area (Å²) in [4.78, 5) is 6.25. The van der Waals surface area contributed by atoms with Gasteiger partial charge < -0.3 is 4.42 Å². The number of nitrogens with one attached hydrogen (secondary N) is 1. The van der Waals surface area contributed by atoms with Crippen LogP contribution in [0.25, 0.3) is 22.5 Å². The van der Waals surface area contributed by atoms with E-state index in [4.69, 9.17) is 4.42 Å². The zero-order valence-corrected chi connectivity index (χ0v) is 15.9. The molecular formula is C19H13F3N4O3S. The zero-order chi connectivity index (χ0) is 21.4. The molecule has 154 valence electrons. The van der Waals surface area contributed by atoms with E-state index in [1.165, 1.54) is 49.0 Å². The van der Waals surface area contributed by atoms with Gasteiger partial charge in [-0.15, -0.1) is 5.10 Å². The van der Waals surface area contributed by atoms with Gasteiger partial charge in [-0.2, -0.15) is 31.2 Å². The molecule has 0 saturated carbocycles. The van der Waals surface area contributed by atoms with Crippen LogP contribution in [0.2, 0.25) is 0 Å². The topological polar surface area (TPSA) is 90.0 Å². The number of aromatic nitrogens is 3. The Hall–Kier alpha value is -3.60. The SMILES string of the molecule is O=S(=O)(Nn1cc(-c2cccc(-c3cnco3)c2)c(C(F)(F)F)n1)c1ccccc1. The number of alkyl halides is 3. The van der Waals surface area contributed by atoms with Gasteiger partial charge in [0.1, 0.15) is 0 Å². The molecule has 0 amide bonds. The molecule has 0 aliphatic rings. The van der Waals surface area contributed by atoms with Crippen molar-refractivity contribution in [3.05, 3.63) is 79.1 Å². The summed E-state index contributed by atoms with van der Waals surface area (Å²) < 4.78 is 70.9. The lowest BCUT2D eigenvalue weighted by atomic mass is 10.0. The summed E-state index contributed by atoms with van der Waals surface area (Å²) in [5.41, 5.74) is -0.829. The number of nitrogens with zero attached hydrogens (tertiary/aromatic N) is 3. The molecule has 2 heterocycles. The van der Waals surface area contributed by atoms with Gasteiger partial charge in [-0.1, -0.05) is 36.4 Å². The van der Waals surface area contributed by atoms with E-state index in [2.05, 4.69) is 10.1 Å². The van der Waals surface area contributed by atoms with E-state index in [0.717, 1.165) is 6.20 Å². The lowest BCUT2D eigenvalue weighted by Crippen LogP contribution is -2.24. The fourth-order valence-electron chi connectivity index (χ4n) is 2.82. The first kappa shape index (κ1) is 19.7. The maximum Gasteiger partial charge on any atom is 0.435 e. The third kappa shape index (κ3) is 3.92. The number of sulfonamides is 1. The van der Waals surface area contributed by atoms with E-state index < -0.39 is 21.9 Å². The predicted octanol–water partition coefficient (Wildman–Crippen LogP) is 4.16. The van der Waals surface area contributed by atoms with Crippen molar-refractivity contribution in [1.82, 2.24) is 14.9 Å². The third-order valence-electron chi connectivity index (χ3n) is 4.14. The Kier molecular flexibility index (Phi) is 4.82. The molecule has 0 aliphatic carbocycles. The molecular weight excluding hydrogens is 421 g/mol. The molecule has 0 fully saturated rings. The highest BCUT2D eigenvalue weighted by Crippen LogP contribution is 2.37. The number of hydrogen-bond donors (Lipinski definition) is 1. The second-order valence-corrected chi connectivity index (χ2v) is 7.85. The normalized spacial score (nSPS) is 12.1. The Morgan fingerprint density at radius 3 is 2.40 bits per heavy atom. The molecule has 4 rings (SSSR count). The van der Waals surface area contributed by atoms with Crippen LogP contribution < -0.4 is 4.83 Å². The summed E-state index contributed by atoms with van der Waals surface area (Å²) in [5.74, 6) is 0.377. The van der Waals surface area contributed by atoms with Crippen molar-refractivity contribution in [3.8, 4) is 22.5 Å². The van der Waals surface area contributed by atoms with Crippen molar-refractivity contribution < 1.29 is 26.0 Å². The lowest BCUT2D eigenvalue weighted by molar-refractivity contribution is -0.140. The van der Waals surface area contributed by atoms with Gasteiger partial charge in [0.05, 0.1) is 17.3 Å². The first-order valence-corrected chi connectivity index (χ1v) is 9.96. The summed E-state index contributed by atoms with van der Waals surface area (Å²) in [5, 5.41) is 3.43. The molecule has 1 N–H and O–H groups in total. The highest BCUT2D eigenvalue weighted by atomic mass is 32.2. The van der Waals surface area contributed by atoms with Crippen molar-refractivity contribution >= 4 is 10.0 Å². The number of halogens is 3. The monoisotopic (exact) mass is 434 g/mol. The predicted molar refractivity (Wildman–Crippen MR) is 101 cm³/mol. The Morgan fingerprint density at radius 1 is 1.00 bits per heavy atom. The largest absolute Gasteiger partial charge is 0.444 e. The number of rotatable bonds is 5. The van der Waals surface area contributed by atoms with E-state index in [9.17, 15) is 21.6 Å². The second-order valence-electron chi connectivity index (χ2n) is 6.19. The Balaban J connectivity index is 1.76. The molecule has 4 aromatic rings. The van der Waals surface area contributed by atoms with Crippen LogP contribution in [0.5, 0.6) is 0 Å². The number of benzene rings is 2. The van der Waals surface area contributed by atoms with Crippen molar-refractivity contribution in [1.29, 1.82) is 0 Å². The second kappa shape index (κ2) is 7.34. The van der Waals surface area contributed by atoms with Gasteiger partial charge in [0.15, 0.2) is 17.8 Å². The standard InChI is InChI=1S/C19H13F3N4O3S/c20-19(21,22)18-16(13-5-4-6-14(9-13)17-10-23-12-29-17)11-26(24-18)25-30(27,28)15-7-2-1-3-8-15/h1-12,25H. The first-order valence-electron chi connectivity index (χ1n) is 8.48. The fraction of sp³-hybridized carbons (Fsp3) is 0.0526. The van der Waals surface area contributed by atoms with Crippen LogP contribution in [0, 0.1) is 0 Å². The van der Waals surface area contributed by atoms with Crippen molar-refractivity contribution in [2.75, 3.05) is 4.83 Å². The number of oxazole rings is 1. The van der Waals surface area contributed by atoms with Gasteiger partial charge in [-0.25, -0.2) is 4.98 Å². The van der Waals surface area contributed by atoms with Gasteiger partial charge >= 0.3 is 6.18 Å². The quantitative estimate of drug-likeness (QED) is 0.510. The lowest BCUT2D eigenvalue weighted by Gasteiger charge is -2.07. The van der Waals surface area contributed by atoms with Crippen LogP contribution in [0.1, 0.15) is 5.69 Å². The van der Waals surface area contributed by atoms with Crippen LogP contribution in [0.3, 0.4) is 0 Å². The number of hydrogen-bond acceptors (Lipinski definition) is 5. The van der Waals surface area contributed by atoms with E-state index in [1.807, 2.05) is 4.83 Å². The maximum atomic E-state index is 13.6. The van der Waals surface area contributed by atoms with Crippen LogP contribution >= 0.6 is 0 Å². The molecule has 0 unspecified atom stereocenters. The molecule has 0 bridgehead atoms. The zero-order valence-electron chi connectivity index (χ0n) is 15.0. The third-order valence-corrected chi connectivity index (χ3v) is 5.46. The summed E-state index contributed by atoms with van der Waals surface area (Å²) in [6.45, 7) is 0. The summed E-state index contributed by atoms with van der Waals surface area (Å²) in [6.07, 6.45) is -1.19. The van der Waals surface area contributed by atoms with Crippen LogP contribution in [-0.2, 0) is 16.2 Å². The van der Waals surface area contributed by atoms with Gasteiger partial charge in [0.2, 0.25) is 0 Å². The van der Waals surface area contributed by atoms with Gasteiger partial charge in [0.25, 0.3) is 10.0 Å². The maximum absolute atomic E-state index is 13.6. The molecule has 0 radical (unpaired) electrons. The Bertz CT molecular complexity index is 1270. The molecule has 0 aliphatic heterocycles. The van der Waals surface area contributed by atoms with Crippen LogP contribution in [0.15, 0.2) is 82.7 Å². The van der Waals surface area contributed by atoms with E-state index in [-0.39, 0.29) is 16.0 Å². The first-order chi connectivity index (χ1) is 14.2. The molecule has 7 nitrogen and oxygen atoms in total. The van der Waals surface area contributed by atoms with Gasteiger partial charge in [-0.3, -0.25) is 0 Å². The molecule has 0 atom stereocenters. The Labute approximate surface area is 168 Å². The Morgan fingerprint density at radius 2 is 1.73 bits per heavy atom. The van der Waals surface area contributed by atoms with Crippen LogP contribution in [0.4, 0.5) is 13.2 Å². The van der Waals surface area contributed by atoms with Crippen molar-refractivity contribution in [3.63, 3.8) is 0 Å². The molecule has 2 aromatic heterocycles. The highest BCUT2D eigenvalue weighted by Gasteiger charge is 2.38. The average Bonchev–Trinajstić information content (AvgIpc) is 3.38. The summed E-state index contributed by atoms with van der Waals surface area (Å²) in [7, 11) is -4.13.